The molecule has 0 aromatic heterocycles. The molecule has 0 saturated carbocycles. The molecule has 1 unspecified atom stereocenters. The first-order valence-corrected chi connectivity index (χ1v) is 9.91. The average molecular weight is 381 g/mol. The van der Waals surface area contributed by atoms with Crippen molar-refractivity contribution in [1.82, 2.24) is 0 Å². The molecular weight excluding hydrogens is 342 g/mol. The Morgan fingerprint density at radius 3 is 2.11 bits per heavy atom. The van der Waals surface area contributed by atoms with E-state index in [0.29, 0.717) is 17.4 Å². The number of likely N-dealkylation sites (N-methyl/N-ethyl adjacent to an activating group) is 1. The molecule has 0 spiro atoms. The summed E-state index contributed by atoms with van der Waals surface area (Å²) in [6.07, 6.45) is 18.2. The van der Waals surface area contributed by atoms with Crippen LogP contribution in [0.25, 0.3) is 0 Å². The van der Waals surface area contributed by atoms with E-state index in [1.165, 1.54) is 0 Å². The van der Waals surface area contributed by atoms with Crippen molar-refractivity contribution >= 4 is 11.9 Å². The first kappa shape index (κ1) is 25.1. The third-order valence-electron chi connectivity index (χ3n) is 3.73. The van der Waals surface area contributed by atoms with Crippen molar-refractivity contribution < 1.29 is 23.9 Å². The fourth-order valence-corrected chi connectivity index (χ4v) is 2.55. The van der Waals surface area contributed by atoms with Crippen LogP contribution in [0.1, 0.15) is 58.3 Å². The van der Waals surface area contributed by atoms with E-state index in [1.54, 1.807) is 0 Å². The highest BCUT2D eigenvalue weighted by Gasteiger charge is 2.24. The maximum Gasteiger partial charge on any atom is 0.307 e. The van der Waals surface area contributed by atoms with E-state index >= 15 is 0 Å². The normalized spacial score (nSPS) is 13.6. The van der Waals surface area contributed by atoms with Crippen LogP contribution in [-0.4, -0.2) is 55.3 Å². The lowest BCUT2D eigenvalue weighted by atomic mass is 10.1. The van der Waals surface area contributed by atoms with Gasteiger partial charge in [-0.15, -0.1) is 0 Å². The number of allylic oxidation sites excluding steroid dienone is 6. The van der Waals surface area contributed by atoms with Gasteiger partial charge in [0.05, 0.1) is 27.6 Å². The van der Waals surface area contributed by atoms with Gasteiger partial charge in [-0.1, -0.05) is 43.4 Å². The Hall–Kier alpha value is -1.88. The molecule has 5 heteroatoms. The quantitative estimate of drug-likeness (QED) is 0.197. The maximum absolute atomic E-state index is 11.9. The van der Waals surface area contributed by atoms with Gasteiger partial charge in [0.1, 0.15) is 6.54 Å². The summed E-state index contributed by atoms with van der Waals surface area (Å²) in [4.78, 5) is 22.9. The Labute approximate surface area is 165 Å². The number of hydrogen-bond acceptors (Lipinski definition) is 3. The number of ether oxygens (including phenoxy) is 1. The smallest absolute Gasteiger partial charge is 0.307 e. The standard InChI is InChI=1S/C22H37NO4/c1-5-6-7-8-9-10-11-12-13-14-15-16-17-22(26)27-20(18-21(24)25)19-23(2,3)4/h6-7,9-10,12-13,20H,5,8,11,14-19H2,1-4H3/p+1/b7-6+,10-9+,13-12+. The lowest BCUT2D eigenvalue weighted by Crippen LogP contribution is -2.43. The highest BCUT2D eigenvalue weighted by molar-refractivity contribution is 5.71. The van der Waals surface area contributed by atoms with Crippen molar-refractivity contribution in [2.45, 2.75) is 64.4 Å². The van der Waals surface area contributed by atoms with E-state index in [-0.39, 0.29) is 12.4 Å². The van der Waals surface area contributed by atoms with Crippen LogP contribution < -0.4 is 0 Å². The summed E-state index contributed by atoms with van der Waals surface area (Å²) in [5.41, 5.74) is 0. The Morgan fingerprint density at radius 2 is 1.56 bits per heavy atom. The minimum Gasteiger partial charge on any atom is -0.481 e. The molecule has 0 aliphatic heterocycles. The van der Waals surface area contributed by atoms with Crippen LogP contribution in [0.4, 0.5) is 0 Å². The van der Waals surface area contributed by atoms with Crippen LogP contribution in [0.5, 0.6) is 0 Å². The van der Waals surface area contributed by atoms with Gasteiger partial charge in [0.25, 0.3) is 0 Å². The van der Waals surface area contributed by atoms with E-state index in [9.17, 15) is 9.59 Å². The summed E-state index contributed by atoms with van der Waals surface area (Å²) in [6, 6.07) is 0. The molecule has 0 radical (unpaired) electrons. The van der Waals surface area contributed by atoms with Gasteiger partial charge in [-0.25, -0.2) is 0 Å². The first-order valence-electron chi connectivity index (χ1n) is 9.91. The van der Waals surface area contributed by atoms with E-state index in [0.717, 1.165) is 38.5 Å². The Bertz CT molecular complexity index is 501. The number of unbranched alkanes of at least 4 members (excludes halogenated alkanes) is 2. The fourth-order valence-electron chi connectivity index (χ4n) is 2.55. The summed E-state index contributed by atoms with van der Waals surface area (Å²) >= 11 is 0. The molecule has 0 aromatic carbocycles. The lowest BCUT2D eigenvalue weighted by molar-refractivity contribution is -0.873. The van der Waals surface area contributed by atoms with Crippen LogP contribution in [0.15, 0.2) is 36.5 Å². The Kier molecular flexibility index (Phi) is 14.1. The van der Waals surface area contributed by atoms with Crippen LogP contribution in [0.3, 0.4) is 0 Å². The summed E-state index contributed by atoms with van der Waals surface area (Å²) in [5.74, 6) is -1.25. The van der Waals surface area contributed by atoms with Crippen LogP contribution in [-0.2, 0) is 14.3 Å². The average Bonchev–Trinajstić information content (AvgIpc) is 2.53. The van der Waals surface area contributed by atoms with Crippen molar-refractivity contribution in [2.24, 2.45) is 0 Å². The molecule has 1 atom stereocenters. The molecule has 0 aromatic rings. The number of carboxylic acids is 1. The topological polar surface area (TPSA) is 63.6 Å². The summed E-state index contributed by atoms with van der Waals surface area (Å²) in [7, 11) is 5.85. The number of aliphatic carboxylic acids is 1. The van der Waals surface area contributed by atoms with Gasteiger partial charge in [-0.05, 0) is 38.5 Å². The van der Waals surface area contributed by atoms with Gasteiger partial charge < -0.3 is 14.3 Å². The minimum absolute atomic E-state index is 0.147. The van der Waals surface area contributed by atoms with Gasteiger partial charge in [-0.2, -0.15) is 0 Å². The zero-order chi connectivity index (χ0) is 20.5. The monoisotopic (exact) mass is 380 g/mol. The molecule has 0 amide bonds. The third-order valence-corrected chi connectivity index (χ3v) is 3.73. The SMILES string of the molecule is CC/C=C/C/C=C/C/C=C/CCCCC(=O)OC(CC(=O)O)C[N+](C)(C)C. The predicted octanol–water partition coefficient (Wildman–Crippen LogP) is 4.50. The predicted molar refractivity (Wildman–Crippen MR) is 110 cm³/mol. The third kappa shape index (κ3) is 18.7. The first-order chi connectivity index (χ1) is 12.7. The van der Waals surface area contributed by atoms with Crippen molar-refractivity contribution in [1.29, 1.82) is 0 Å². The number of carboxylic acid groups (broad SMARTS) is 1. The molecule has 0 saturated heterocycles. The van der Waals surface area contributed by atoms with E-state index in [2.05, 4.69) is 43.4 Å². The molecule has 0 rings (SSSR count). The Balaban J connectivity index is 3.92. The summed E-state index contributed by atoms with van der Waals surface area (Å²) in [6.45, 7) is 2.62. The van der Waals surface area contributed by atoms with Crippen molar-refractivity contribution in [3.05, 3.63) is 36.5 Å². The number of hydrogen-bond donors (Lipinski definition) is 1. The van der Waals surface area contributed by atoms with Crippen LogP contribution >= 0.6 is 0 Å². The molecule has 27 heavy (non-hydrogen) atoms. The van der Waals surface area contributed by atoms with Gasteiger partial charge in [0.15, 0.2) is 6.10 Å². The van der Waals surface area contributed by atoms with Crippen molar-refractivity contribution in [3.63, 3.8) is 0 Å². The van der Waals surface area contributed by atoms with Crippen LogP contribution in [0, 0.1) is 0 Å². The molecule has 1 N–H and O–H groups in total. The zero-order valence-corrected chi connectivity index (χ0v) is 17.5. The number of rotatable bonds is 15. The highest BCUT2D eigenvalue weighted by Crippen LogP contribution is 2.09. The second-order valence-electron chi connectivity index (χ2n) is 7.72. The molecule has 0 aliphatic carbocycles. The molecule has 0 fully saturated rings. The van der Waals surface area contributed by atoms with E-state index in [4.69, 9.17) is 9.84 Å². The minimum atomic E-state index is -0.943. The number of nitrogens with zero attached hydrogens (tertiary/aromatic N) is 1. The number of carbonyl (C=O) groups excluding carboxylic acids is 1. The highest BCUT2D eigenvalue weighted by atomic mass is 16.5. The number of esters is 1. The van der Waals surface area contributed by atoms with Gasteiger partial charge in [-0.3, -0.25) is 9.59 Å². The second-order valence-corrected chi connectivity index (χ2v) is 7.72. The maximum atomic E-state index is 11.9. The largest absolute Gasteiger partial charge is 0.481 e. The molecular formula is C22H38NO4+. The number of quaternary nitrogens is 1. The van der Waals surface area contributed by atoms with Gasteiger partial charge >= 0.3 is 11.9 Å². The van der Waals surface area contributed by atoms with E-state index in [1.807, 2.05) is 21.1 Å². The second kappa shape index (κ2) is 15.2. The van der Waals surface area contributed by atoms with Crippen LogP contribution in [0.2, 0.25) is 0 Å². The zero-order valence-electron chi connectivity index (χ0n) is 17.5. The van der Waals surface area contributed by atoms with E-state index < -0.39 is 12.1 Å². The summed E-state index contributed by atoms with van der Waals surface area (Å²) < 4.78 is 5.92. The van der Waals surface area contributed by atoms with Crippen molar-refractivity contribution in [2.75, 3.05) is 27.7 Å². The van der Waals surface area contributed by atoms with Gasteiger partial charge in [0.2, 0.25) is 0 Å². The fraction of sp³-hybridized carbons (Fsp3) is 0.636. The number of carbonyl (C=O) groups is 2. The molecule has 0 aliphatic rings. The summed E-state index contributed by atoms with van der Waals surface area (Å²) in [5, 5.41) is 8.97. The lowest BCUT2D eigenvalue weighted by Gasteiger charge is -2.28. The molecule has 0 bridgehead atoms. The molecule has 154 valence electrons. The Morgan fingerprint density at radius 1 is 0.963 bits per heavy atom. The van der Waals surface area contributed by atoms with Gasteiger partial charge in [0, 0.05) is 6.42 Å². The van der Waals surface area contributed by atoms with Crippen molar-refractivity contribution in [3.8, 4) is 0 Å². The molecule has 5 nitrogen and oxygen atoms in total. The molecule has 0 heterocycles.